The fraction of sp³-hybridized carbons (Fsp3) is 0.900. The van der Waals surface area contributed by atoms with Gasteiger partial charge >= 0.3 is 10.4 Å². The largest absolute Gasteiger partial charge is 0.394 e. The lowest BCUT2D eigenvalue weighted by molar-refractivity contribution is -0.122. The van der Waals surface area contributed by atoms with Gasteiger partial charge in [-0.3, -0.25) is 18.7 Å². The van der Waals surface area contributed by atoms with Crippen LogP contribution in [0.25, 0.3) is 0 Å². The van der Waals surface area contributed by atoms with Gasteiger partial charge in [0.1, 0.15) is 0 Å². The third-order valence-electron chi connectivity index (χ3n) is 15.0. The molecular weight excluding hydrogens is 905 g/mol. The summed E-state index contributed by atoms with van der Waals surface area (Å²) in [6.07, 6.45) is 55.3. The van der Waals surface area contributed by atoms with E-state index in [-0.39, 0.29) is 22.9 Å². The molecule has 0 aromatic rings. The van der Waals surface area contributed by atoms with Crippen LogP contribution in [0.2, 0.25) is 0 Å². The molecule has 71 heavy (non-hydrogen) atoms. The van der Waals surface area contributed by atoms with E-state index >= 15 is 0 Å². The van der Waals surface area contributed by atoms with E-state index in [1.165, 1.54) is 193 Å². The van der Waals surface area contributed by atoms with Gasteiger partial charge in [-0.25, -0.2) is 0 Å². The lowest BCUT2D eigenvalue weighted by Gasteiger charge is -2.37. The molecule has 0 aromatic heterocycles. The summed E-state index contributed by atoms with van der Waals surface area (Å²) in [6, 6.07) is 0. The third-order valence-corrected chi connectivity index (χ3v) is 15.0. The SMILES string of the molecule is C=CCC(CCCC)C(N)(CC)CCCNC(=O)CCCCCCCCCCCCCCC.C=CCC(CCCC)C(N)(CC)CCCNC(=O)CCCCCCCCCCCCCCC.O=S(=O)(O)O. The number of allylic oxidation sites excluding steroid dienone is 2. The molecule has 0 radical (unpaired) electrons. The predicted octanol–water partition coefficient (Wildman–Crippen LogP) is 17.1. The summed E-state index contributed by atoms with van der Waals surface area (Å²) >= 11 is 0. The van der Waals surface area contributed by atoms with Gasteiger partial charge in [0.2, 0.25) is 11.8 Å². The van der Waals surface area contributed by atoms with Crippen LogP contribution in [0.4, 0.5) is 0 Å². The zero-order valence-electron chi connectivity index (χ0n) is 47.9. The monoisotopic (exact) mass is 1030 g/mol. The van der Waals surface area contributed by atoms with Crippen molar-refractivity contribution < 1.29 is 27.1 Å². The molecule has 11 heteroatoms. The zero-order valence-corrected chi connectivity index (χ0v) is 48.7. The maximum Gasteiger partial charge on any atom is 0.394 e. The Morgan fingerprint density at radius 1 is 0.451 bits per heavy atom. The summed E-state index contributed by atoms with van der Waals surface area (Å²) in [4.78, 5) is 24.3. The van der Waals surface area contributed by atoms with E-state index in [1.807, 2.05) is 12.2 Å². The number of carbonyl (C=O) groups excluding carboxylic acids is 2. The van der Waals surface area contributed by atoms with Crippen molar-refractivity contribution in [2.75, 3.05) is 13.1 Å². The van der Waals surface area contributed by atoms with Crippen molar-refractivity contribution >= 4 is 22.2 Å². The lowest BCUT2D eigenvalue weighted by atomic mass is 9.74. The van der Waals surface area contributed by atoms with E-state index in [2.05, 4.69) is 65.3 Å². The van der Waals surface area contributed by atoms with Crippen molar-refractivity contribution in [3.05, 3.63) is 25.3 Å². The van der Waals surface area contributed by atoms with E-state index in [0.717, 1.165) is 77.3 Å². The molecule has 0 aromatic carbocycles. The molecule has 2 amide bonds. The zero-order chi connectivity index (χ0) is 53.8. The standard InChI is InChI=1S/2C30H60N2O.H2O4S/c2*1-5-9-11-12-13-14-15-16-17-18-19-20-21-25-29(33)32-27-22-26-30(31,8-4)28(23-7-3)24-10-6-2;1-5(2,3)4/h2*7,28H,3,5-6,8-27,31H2,1-2,4H3,(H,32,33);(H2,1,2,3,4). The van der Waals surface area contributed by atoms with Crippen LogP contribution in [0.15, 0.2) is 25.3 Å². The van der Waals surface area contributed by atoms with Gasteiger partial charge in [-0.15, -0.1) is 13.2 Å². The Hall–Kier alpha value is -1.79. The van der Waals surface area contributed by atoms with E-state index < -0.39 is 10.4 Å². The quantitative estimate of drug-likeness (QED) is 0.0197. The molecule has 0 spiro atoms. The van der Waals surface area contributed by atoms with Gasteiger partial charge in [0.05, 0.1) is 0 Å². The number of unbranched alkanes of at least 4 members (excludes halogenated alkanes) is 26. The van der Waals surface area contributed by atoms with Gasteiger partial charge < -0.3 is 22.1 Å². The number of amides is 2. The van der Waals surface area contributed by atoms with Crippen LogP contribution < -0.4 is 22.1 Å². The highest BCUT2D eigenvalue weighted by atomic mass is 32.3. The summed E-state index contributed by atoms with van der Waals surface area (Å²) in [7, 11) is -4.67. The van der Waals surface area contributed by atoms with Crippen LogP contribution in [-0.4, -0.2) is 53.5 Å². The Morgan fingerprint density at radius 3 is 0.915 bits per heavy atom. The Kier molecular flexibility index (Phi) is 54.9. The number of rotatable bonds is 50. The average Bonchev–Trinajstić information content (AvgIpc) is 3.34. The third kappa shape index (κ3) is 51.5. The minimum absolute atomic E-state index is 0.136. The molecule has 4 atom stereocenters. The second-order valence-electron chi connectivity index (χ2n) is 21.2. The van der Waals surface area contributed by atoms with Crippen molar-refractivity contribution in [1.82, 2.24) is 10.6 Å². The lowest BCUT2D eigenvalue weighted by Crippen LogP contribution is -2.47. The predicted molar refractivity (Wildman–Crippen MR) is 309 cm³/mol. The number of nitrogens with one attached hydrogen (secondary N) is 2. The van der Waals surface area contributed by atoms with Crippen LogP contribution >= 0.6 is 0 Å². The molecule has 0 saturated heterocycles. The Labute approximate surface area is 442 Å². The smallest absolute Gasteiger partial charge is 0.356 e. The molecule has 0 aliphatic heterocycles. The summed E-state index contributed by atoms with van der Waals surface area (Å²) < 4.78 is 31.6. The minimum Gasteiger partial charge on any atom is -0.356 e. The molecule has 0 aliphatic carbocycles. The van der Waals surface area contributed by atoms with Gasteiger partial charge in [0.25, 0.3) is 0 Å². The van der Waals surface area contributed by atoms with Crippen LogP contribution in [0, 0.1) is 11.8 Å². The molecule has 0 saturated carbocycles. The molecule has 0 aliphatic rings. The average molecular weight is 1030 g/mol. The van der Waals surface area contributed by atoms with E-state index in [0.29, 0.717) is 24.7 Å². The first-order valence-electron chi connectivity index (χ1n) is 30.1. The summed E-state index contributed by atoms with van der Waals surface area (Å²) in [5.74, 6) is 1.43. The first-order valence-corrected chi connectivity index (χ1v) is 31.5. The van der Waals surface area contributed by atoms with Crippen LogP contribution in [0.5, 0.6) is 0 Å². The van der Waals surface area contributed by atoms with Crippen molar-refractivity contribution in [2.45, 2.75) is 322 Å². The summed E-state index contributed by atoms with van der Waals surface area (Å²) in [6.45, 7) is 22.8. The molecule has 0 fully saturated rings. The first-order chi connectivity index (χ1) is 34.1. The van der Waals surface area contributed by atoms with E-state index in [4.69, 9.17) is 29.0 Å². The van der Waals surface area contributed by atoms with Crippen molar-refractivity contribution in [1.29, 1.82) is 0 Å². The fourth-order valence-corrected chi connectivity index (χ4v) is 10.00. The van der Waals surface area contributed by atoms with Gasteiger partial charge in [-0.1, -0.05) is 233 Å². The fourth-order valence-electron chi connectivity index (χ4n) is 10.00. The molecule has 10 nitrogen and oxygen atoms in total. The maximum absolute atomic E-state index is 12.2. The molecule has 4 unspecified atom stereocenters. The molecule has 8 N–H and O–H groups in total. The molecular formula is C60H122N4O6S. The topological polar surface area (TPSA) is 185 Å². The first kappa shape index (κ1) is 73.5. The second-order valence-corrected chi connectivity index (χ2v) is 22.1. The second kappa shape index (κ2) is 53.1. The number of carbonyl (C=O) groups is 2. The molecule has 0 heterocycles. The number of hydrogen-bond donors (Lipinski definition) is 6. The summed E-state index contributed by atoms with van der Waals surface area (Å²) in [5.41, 5.74) is 13.4. The Balaban J connectivity index is -0.00000119. The summed E-state index contributed by atoms with van der Waals surface area (Å²) in [5, 5.41) is 6.24. The molecule has 0 rings (SSSR count). The van der Waals surface area contributed by atoms with Crippen molar-refractivity contribution in [3.8, 4) is 0 Å². The maximum atomic E-state index is 12.2. The van der Waals surface area contributed by atoms with Crippen molar-refractivity contribution in [2.24, 2.45) is 23.3 Å². The highest BCUT2D eigenvalue weighted by Crippen LogP contribution is 2.32. The Bertz CT molecular complexity index is 1210. The Morgan fingerprint density at radius 2 is 0.690 bits per heavy atom. The van der Waals surface area contributed by atoms with Crippen LogP contribution in [0.3, 0.4) is 0 Å². The van der Waals surface area contributed by atoms with Crippen molar-refractivity contribution in [3.63, 3.8) is 0 Å². The van der Waals surface area contributed by atoms with Gasteiger partial charge in [-0.2, -0.15) is 8.42 Å². The highest BCUT2D eigenvalue weighted by Gasteiger charge is 2.32. The number of nitrogens with two attached hydrogens (primary N) is 2. The van der Waals surface area contributed by atoms with Crippen LogP contribution in [0.1, 0.15) is 311 Å². The van der Waals surface area contributed by atoms with E-state index in [1.54, 1.807) is 0 Å². The number of hydrogen-bond acceptors (Lipinski definition) is 6. The normalized spacial score (nSPS) is 13.9. The highest BCUT2D eigenvalue weighted by molar-refractivity contribution is 7.79. The molecule has 424 valence electrons. The van der Waals surface area contributed by atoms with Gasteiger partial charge in [0, 0.05) is 37.0 Å². The van der Waals surface area contributed by atoms with Gasteiger partial charge in [0.15, 0.2) is 0 Å². The van der Waals surface area contributed by atoms with Crippen LogP contribution in [-0.2, 0) is 20.0 Å². The van der Waals surface area contributed by atoms with Gasteiger partial charge in [-0.05, 0) is 88.9 Å². The minimum atomic E-state index is -4.67. The van der Waals surface area contributed by atoms with E-state index in [9.17, 15) is 9.59 Å². The molecule has 0 bridgehead atoms.